The Hall–Kier alpha value is -0.370. The lowest BCUT2D eigenvalue weighted by molar-refractivity contribution is -0.145. The zero-order chi connectivity index (χ0) is 12.9. The number of piperidine rings is 1. The lowest BCUT2D eigenvalue weighted by Crippen LogP contribution is -2.50. The van der Waals surface area contributed by atoms with E-state index in [2.05, 4.69) is 5.32 Å². The Morgan fingerprint density at radius 2 is 1.47 bits per heavy atom. The molecule has 0 unspecified atom stereocenters. The second kappa shape index (κ2) is 4.58. The summed E-state index contributed by atoms with van der Waals surface area (Å²) < 4.78 is 0. The Morgan fingerprint density at radius 1 is 0.947 bits per heavy atom. The summed E-state index contributed by atoms with van der Waals surface area (Å²) in [4.78, 5) is 12.9. The molecule has 106 valence electrons. The van der Waals surface area contributed by atoms with Gasteiger partial charge in [0.15, 0.2) is 0 Å². The van der Waals surface area contributed by atoms with Crippen LogP contribution in [-0.4, -0.2) is 18.9 Å². The number of rotatable bonds is 3. The first-order valence-corrected chi connectivity index (χ1v) is 8.47. The van der Waals surface area contributed by atoms with Gasteiger partial charge in [-0.2, -0.15) is 0 Å². The molecule has 5 aliphatic rings. The van der Waals surface area contributed by atoms with Crippen LogP contribution in [0.5, 0.6) is 0 Å². The largest absolute Gasteiger partial charge is 0.317 e. The maximum Gasteiger partial charge on any atom is 0.139 e. The molecule has 2 heteroatoms. The predicted octanol–water partition coefficient (Wildman–Crippen LogP) is 3.16. The Balaban J connectivity index is 1.47. The van der Waals surface area contributed by atoms with Crippen molar-refractivity contribution < 1.29 is 4.79 Å². The van der Waals surface area contributed by atoms with Crippen LogP contribution < -0.4 is 5.32 Å². The standard InChI is InChI=1S/C17H27NO/c19-16(8-12-1-3-18-4-2-12)17-9-13-5-14(10-17)7-15(6-13)11-17/h12-15,18H,1-11H2. The van der Waals surface area contributed by atoms with Crippen molar-refractivity contribution in [3.8, 4) is 0 Å². The van der Waals surface area contributed by atoms with Crippen LogP contribution in [0.25, 0.3) is 0 Å². The van der Waals surface area contributed by atoms with Crippen LogP contribution in [0.4, 0.5) is 0 Å². The summed E-state index contributed by atoms with van der Waals surface area (Å²) in [5.74, 6) is 4.06. The summed E-state index contributed by atoms with van der Waals surface area (Å²) in [5, 5.41) is 3.41. The summed E-state index contributed by atoms with van der Waals surface area (Å²) in [7, 11) is 0. The smallest absolute Gasteiger partial charge is 0.139 e. The molecule has 0 aromatic heterocycles. The van der Waals surface area contributed by atoms with E-state index in [-0.39, 0.29) is 5.41 Å². The van der Waals surface area contributed by atoms with E-state index in [4.69, 9.17) is 0 Å². The molecule has 1 aliphatic heterocycles. The fourth-order valence-electron chi connectivity index (χ4n) is 6.02. The van der Waals surface area contributed by atoms with Crippen molar-refractivity contribution in [2.75, 3.05) is 13.1 Å². The van der Waals surface area contributed by atoms with E-state index in [1.54, 1.807) is 0 Å². The average molecular weight is 261 g/mol. The molecule has 4 saturated carbocycles. The Kier molecular flexibility index (Phi) is 2.98. The maximum absolute atomic E-state index is 12.9. The molecule has 0 radical (unpaired) electrons. The molecule has 19 heavy (non-hydrogen) atoms. The highest BCUT2D eigenvalue weighted by Crippen LogP contribution is 2.60. The first kappa shape index (κ1) is 12.4. The molecule has 4 aliphatic carbocycles. The fourth-order valence-corrected chi connectivity index (χ4v) is 6.02. The summed E-state index contributed by atoms with van der Waals surface area (Å²) in [6.45, 7) is 2.25. The van der Waals surface area contributed by atoms with Gasteiger partial charge >= 0.3 is 0 Å². The molecule has 5 fully saturated rings. The highest BCUT2D eigenvalue weighted by atomic mass is 16.1. The Morgan fingerprint density at radius 3 is 2.00 bits per heavy atom. The van der Waals surface area contributed by atoms with Gasteiger partial charge in [-0.25, -0.2) is 0 Å². The van der Waals surface area contributed by atoms with Crippen LogP contribution in [0.3, 0.4) is 0 Å². The van der Waals surface area contributed by atoms with Crippen molar-refractivity contribution in [2.45, 2.75) is 57.8 Å². The van der Waals surface area contributed by atoms with Crippen LogP contribution >= 0.6 is 0 Å². The van der Waals surface area contributed by atoms with Gasteiger partial charge in [0.05, 0.1) is 0 Å². The van der Waals surface area contributed by atoms with Crippen molar-refractivity contribution in [2.24, 2.45) is 29.1 Å². The van der Waals surface area contributed by atoms with E-state index >= 15 is 0 Å². The first-order chi connectivity index (χ1) is 9.23. The normalized spacial score (nSPS) is 45.6. The van der Waals surface area contributed by atoms with E-state index in [1.165, 1.54) is 51.4 Å². The van der Waals surface area contributed by atoms with E-state index < -0.39 is 0 Å². The molecule has 1 heterocycles. The van der Waals surface area contributed by atoms with Gasteiger partial charge in [-0.1, -0.05) is 0 Å². The minimum Gasteiger partial charge on any atom is -0.317 e. The van der Waals surface area contributed by atoms with Crippen molar-refractivity contribution in [1.29, 1.82) is 0 Å². The molecule has 0 atom stereocenters. The van der Waals surface area contributed by atoms with Crippen molar-refractivity contribution in [1.82, 2.24) is 5.32 Å². The summed E-state index contributed by atoms with van der Waals surface area (Å²) >= 11 is 0. The molecule has 4 bridgehead atoms. The van der Waals surface area contributed by atoms with Gasteiger partial charge in [-0.3, -0.25) is 4.79 Å². The van der Waals surface area contributed by atoms with Crippen molar-refractivity contribution in [3.05, 3.63) is 0 Å². The van der Waals surface area contributed by atoms with Gasteiger partial charge in [-0.15, -0.1) is 0 Å². The second-order valence-electron chi connectivity index (χ2n) is 8.02. The van der Waals surface area contributed by atoms with Gasteiger partial charge in [0.2, 0.25) is 0 Å². The van der Waals surface area contributed by atoms with Gasteiger partial charge in [0.1, 0.15) is 5.78 Å². The lowest BCUT2D eigenvalue weighted by Gasteiger charge is -2.56. The number of ketones is 1. The van der Waals surface area contributed by atoms with Crippen LogP contribution in [0.2, 0.25) is 0 Å². The Labute approximate surface area is 116 Å². The third kappa shape index (κ3) is 2.16. The fraction of sp³-hybridized carbons (Fsp3) is 0.941. The third-order valence-corrected chi connectivity index (χ3v) is 6.56. The van der Waals surface area contributed by atoms with Crippen LogP contribution in [0.1, 0.15) is 57.8 Å². The lowest BCUT2D eigenvalue weighted by atomic mass is 9.48. The van der Waals surface area contributed by atoms with Crippen LogP contribution in [0.15, 0.2) is 0 Å². The monoisotopic (exact) mass is 261 g/mol. The molecular formula is C17H27NO. The summed E-state index contributed by atoms with van der Waals surface area (Å²) in [5.41, 5.74) is 0.152. The second-order valence-corrected chi connectivity index (χ2v) is 8.02. The number of carbonyl (C=O) groups is 1. The van der Waals surface area contributed by atoms with Crippen molar-refractivity contribution >= 4 is 5.78 Å². The van der Waals surface area contributed by atoms with Gasteiger partial charge in [0.25, 0.3) is 0 Å². The molecule has 0 aromatic rings. The molecule has 2 nitrogen and oxygen atoms in total. The zero-order valence-corrected chi connectivity index (χ0v) is 12.0. The highest BCUT2D eigenvalue weighted by molar-refractivity contribution is 5.85. The molecule has 1 N–H and O–H groups in total. The molecule has 0 amide bonds. The van der Waals surface area contributed by atoms with Gasteiger partial charge in [-0.05, 0) is 88.1 Å². The zero-order valence-electron chi connectivity index (χ0n) is 12.0. The molecule has 0 spiro atoms. The van der Waals surface area contributed by atoms with Crippen LogP contribution in [-0.2, 0) is 4.79 Å². The van der Waals surface area contributed by atoms with Gasteiger partial charge in [0, 0.05) is 11.8 Å². The third-order valence-electron chi connectivity index (χ3n) is 6.56. The van der Waals surface area contributed by atoms with E-state index in [1.807, 2.05) is 0 Å². The van der Waals surface area contributed by atoms with Gasteiger partial charge < -0.3 is 5.32 Å². The first-order valence-electron chi connectivity index (χ1n) is 8.47. The summed E-state index contributed by atoms with van der Waals surface area (Å²) in [6.07, 6.45) is 11.4. The number of nitrogens with one attached hydrogen (secondary N) is 1. The Bertz CT molecular complexity index is 334. The minimum atomic E-state index is 0.152. The number of Topliss-reactive ketones (excluding diaryl/α,β-unsaturated/α-hetero) is 1. The van der Waals surface area contributed by atoms with E-state index in [0.717, 1.165) is 37.3 Å². The van der Waals surface area contributed by atoms with Crippen LogP contribution in [0, 0.1) is 29.1 Å². The number of carbonyl (C=O) groups excluding carboxylic acids is 1. The molecule has 0 aromatic carbocycles. The summed E-state index contributed by atoms with van der Waals surface area (Å²) in [6, 6.07) is 0. The average Bonchev–Trinajstić information content (AvgIpc) is 2.38. The van der Waals surface area contributed by atoms with Crippen molar-refractivity contribution in [3.63, 3.8) is 0 Å². The molecule has 1 saturated heterocycles. The minimum absolute atomic E-state index is 0.152. The SMILES string of the molecule is O=C(CC1CCNCC1)C12CC3CC(CC(C3)C1)C2. The quantitative estimate of drug-likeness (QED) is 0.845. The number of hydrogen-bond donors (Lipinski definition) is 1. The highest BCUT2D eigenvalue weighted by Gasteiger charge is 2.54. The molecular weight excluding hydrogens is 234 g/mol. The predicted molar refractivity (Wildman–Crippen MR) is 75.8 cm³/mol. The number of hydrogen-bond acceptors (Lipinski definition) is 2. The van der Waals surface area contributed by atoms with E-state index in [0.29, 0.717) is 11.7 Å². The maximum atomic E-state index is 12.9. The van der Waals surface area contributed by atoms with E-state index in [9.17, 15) is 4.79 Å². The molecule has 5 rings (SSSR count). The topological polar surface area (TPSA) is 29.1 Å².